The molecule has 0 radical (unpaired) electrons. The van der Waals surface area contributed by atoms with Crippen LogP contribution in [0, 0.1) is 13.8 Å². The van der Waals surface area contributed by atoms with Crippen LogP contribution in [0.25, 0.3) is 0 Å². The van der Waals surface area contributed by atoms with Gasteiger partial charge in [-0.2, -0.15) is 0 Å². The number of nitrogens with one attached hydrogen (secondary N) is 1. The molecule has 0 aliphatic carbocycles. The number of amides is 1. The second-order valence-electron chi connectivity index (χ2n) is 5.48. The molecule has 0 spiro atoms. The van der Waals surface area contributed by atoms with Crippen molar-refractivity contribution in [1.82, 2.24) is 5.32 Å². The first kappa shape index (κ1) is 16.1. The van der Waals surface area contributed by atoms with Crippen molar-refractivity contribution in [3.63, 3.8) is 0 Å². The van der Waals surface area contributed by atoms with Crippen molar-refractivity contribution < 1.29 is 9.53 Å². The lowest BCUT2D eigenvalue weighted by Crippen LogP contribution is -2.28. The van der Waals surface area contributed by atoms with Crippen LogP contribution >= 0.6 is 0 Å². The monoisotopic (exact) mass is 297 g/mol. The first-order valence-corrected chi connectivity index (χ1v) is 7.57. The topological polar surface area (TPSA) is 38.3 Å². The summed E-state index contributed by atoms with van der Waals surface area (Å²) in [5.41, 5.74) is 3.98. The van der Waals surface area contributed by atoms with Crippen LogP contribution in [-0.2, 0) is 0 Å². The van der Waals surface area contributed by atoms with Crippen LogP contribution in [0.5, 0.6) is 5.75 Å². The Balaban J connectivity index is 2.19. The molecule has 116 valence electrons. The SMILES string of the molecule is CC[C@@H](NC(=O)c1ccc(OC)c(C)c1)c1ccccc1C. The summed E-state index contributed by atoms with van der Waals surface area (Å²) in [5, 5.41) is 3.13. The molecule has 0 unspecified atom stereocenters. The molecular formula is C19H23NO2. The van der Waals surface area contributed by atoms with E-state index in [2.05, 4.69) is 31.3 Å². The smallest absolute Gasteiger partial charge is 0.251 e. The van der Waals surface area contributed by atoms with Crippen LogP contribution in [0.3, 0.4) is 0 Å². The van der Waals surface area contributed by atoms with Crippen LogP contribution in [-0.4, -0.2) is 13.0 Å². The number of hydrogen-bond acceptors (Lipinski definition) is 2. The first-order valence-electron chi connectivity index (χ1n) is 7.57. The predicted molar refractivity (Wildman–Crippen MR) is 89.4 cm³/mol. The molecule has 2 aromatic rings. The predicted octanol–water partition coefficient (Wildman–Crippen LogP) is 4.19. The molecule has 1 atom stereocenters. The zero-order valence-corrected chi connectivity index (χ0v) is 13.6. The van der Waals surface area contributed by atoms with Crippen LogP contribution in [0.2, 0.25) is 0 Å². The molecule has 0 fully saturated rings. The summed E-state index contributed by atoms with van der Waals surface area (Å²) in [6.45, 7) is 6.09. The van der Waals surface area contributed by atoms with Crippen molar-refractivity contribution in [3.8, 4) is 5.75 Å². The minimum absolute atomic E-state index is 0.0242. The molecule has 0 aliphatic rings. The Morgan fingerprint density at radius 1 is 1.14 bits per heavy atom. The van der Waals surface area contributed by atoms with Gasteiger partial charge in [-0.3, -0.25) is 4.79 Å². The van der Waals surface area contributed by atoms with Gasteiger partial charge in [-0.15, -0.1) is 0 Å². The Morgan fingerprint density at radius 3 is 2.45 bits per heavy atom. The van der Waals surface area contributed by atoms with Gasteiger partial charge in [-0.05, 0) is 55.2 Å². The summed E-state index contributed by atoms with van der Waals surface area (Å²) < 4.78 is 5.24. The van der Waals surface area contributed by atoms with E-state index in [0.717, 1.165) is 17.7 Å². The van der Waals surface area contributed by atoms with Crippen molar-refractivity contribution >= 4 is 5.91 Å². The fraction of sp³-hybridized carbons (Fsp3) is 0.316. The van der Waals surface area contributed by atoms with Crippen LogP contribution < -0.4 is 10.1 Å². The highest BCUT2D eigenvalue weighted by molar-refractivity contribution is 5.94. The Bertz CT molecular complexity index is 664. The van der Waals surface area contributed by atoms with Gasteiger partial charge in [0.1, 0.15) is 5.75 Å². The molecule has 0 aliphatic heterocycles. The Morgan fingerprint density at radius 2 is 1.86 bits per heavy atom. The fourth-order valence-electron chi connectivity index (χ4n) is 2.64. The van der Waals surface area contributed by atoms with Gasteiger partial charge in [0.25, 0.3) is 5.91 Å². The van der Waals surface area contributed by atoms with E-state index in [1.807, 2.05) is 31.2 Å². The fourth-order valence-corrected chi connectivity index (χ4v) is 2.64. The maximum absolute atomic E-state index is 12.5. The molecule has 0 bridgehead atoms. The second kappa shape index (κ2) is 7.12. The van der Waals surface area contributed by atoms with Crippen molar-refractivity contribution in [2.24, 2.45) is 0 Å². The lowest BCUT2D eigenvalue weighted by molar-refractivity contribution is 0.0935. The maximum Gasteiger partial charge on any atom is 0.251 e. The van der Waals surface area contributed by atoms with Crippen molar-refractivity contribution in [1.29, 1.82) is 0 Å². The summed E-state index contributed by atoms with van der Waals surface area (Å²) in [6.07, 6.45) is 0.853. The largest absolute Gasteiger partial charge is 0.496 e. The van der Waals surface area contributed by atoms with E-state index in [-0.39, 0.29) is 11.9 Å². The molecule has 2 aromatic carbocycles. The van der Waals surface area contributed by atoms with E-state index in [0.29, 0.717) is 5.56 Å². The highest BCUT2D eigenvalue weighted by Crippen LogP contribution is 2.22. The summed E-state index contributed by atoms with van der Waals surface area (Å²) in [5.74, 6) is 0.739. The highest BCUT2D eigenvalue weighted by atomic mass is 16.5. The van der Waals surface area contributed by atoms with E-state index in [1.54, 1.807) is 13.2 Å². The molecule has 0 heterocycles. The first-order chi connectivity index (χ1) is 10.6. The van der Waals surface area contributed by atoms with Crippen LogP contribution in [0.1, 0.15) is 46.4 Å². The van der Waals surface area contributed by atoms with Crippen LogP contribution in [0.4, 0.5) is 0 Å². The van der Waals surface area contributed by atoms with E-state index < -0.39 is 0 Å². The quantitative estimate of drug-likeness (QED) is 0.898. The van der Waals surface area contributed by atoms with Gasteiger partial charge in [0.15, 0.2) is 0 Å². The van der Waals surface area contributed by atoms with Gasteiger partial charge in [0.2, 0.25) is 0 Å². The van der Waals surface area contributed by atoms with Crippen molar-refractivity contribution in [3.05, 3.63) is 64.7 Å². The van der Waals surface area contributed by atoms with E-state index in [4.69, 9.17) is 4.74 Å². The van der Waals surface area contributed by atoms with Gasteiger partial charge in [-0.25, -0.2) is 0 Å². The molecule has 0 saturated carbocycles. The Labute approximate surface area is 132 Å². The minimum atomic E-state index is -0.0548. The third kappa shape index (κ3) is 3.48. The number of hydrogen-bond donors (Lipinski definition) is 1. The average Bonchev–Trinajstić information content (AvgIpc) is 2.53. The standard InChI is InChI=1S/C19H23NO2/c1-5-17(16-9-7-6-8-13(16)2)20-19(21)15-10-11-18(22-4)14(3)12-15/h6-12,17H,5H2,1-4H3,(H,20,21)/t17-/m1/s1. The number of methoxy groups -OCH3 is 1. The molecular weight excluding hydrogens is 274 g/mol. The molecule has 2 rings (SSSR count). The Kier molecular flexibility index (Phi) is 5.21. The molecule has 1 amide bonds. The summed E-state index contributed by atoms with van der Waals surface area (Å²) >= 11 is 0. The highest BCUT2D eigenvalue weighted by Gasteiger charge is 2.16. The lowest BCUT2D eigenvalue weighted by atomic mass is 9.99. The summed E-state index contributed by atoms with van der Waals surface area (Å²) in [4.78, 5) is 12.5. The van der Waals surface area contributed by atoms with Gasteiger partial charge >= 0.3 is 0 Å². The number of benzene rings is 2. The number of ether oxygens (including phenoxy) is 1. The third-order valence-corrected chi connectivity index (χ3v) is 3.93. The molecule has 1 N–H and O–H groups in total. The van der Waals surface area contributed by atoms with E-state index in [1.165, 1.54) is 11.1 Å². The molecule has 0 saturated heterocycles. The van der Waals surface area contributed by atoms with Gasteiger partial charge in [0.05, 0.1) is 13.2 Å². The molecule has 3 heteroatoms. The summed E-state index contributed by atoms with van der Waals surface area (Å²) in [6, 6.07) is 13.7. The Hall–Kier alpha value is -2.29. The number of carbonyl (C=O) groups excluding carboxylic acids is 1. The normalized spacial score (nSPS) is 11.8. The third-order valence-electron chi connectivity index (χ3n) is 3.93. The number of rotatable bonds is 5. The average molecular weight is 297 g/mol. The van der Waals surface area contributed by atoms with Gasteiger partial charge < -0.3 is 10.1 Å². The van der Waals surface area contributed by atoms with E-state index >= 15 is 0 Å². The number of aryl methyl sites for hydroxylation is 2. The van der Waals surface area contributed by atoms with Crippen LogP contribution in [0.15, 0.2) is 42.5 Å². The number of carbonyl (C=O) groups is 1. The molecule has 0 aromatic heterocycles. The zero-order valence-electron chi connectivity index (χ0n) is 13.6. The lowest BCUT2D eigenvalue weighted by Gasteiger charge is -2.20. The second-order valence-corrected chi connectivity index (χ2v) is 5.48. The van der Waals surface area contributed by atoms with Crippen molar-refractivity contribution in [2.75, 3.05) is 7.11 Å². The molecule has 3 nitrogen and oxygen atoms in total. The zero-order chi connectivity index (χ0) is 16.1. The van der Waals surface area contributed by atoms with Gasteiger partial charge in [0, 0.05) is 5.56 Å². The van der Waals surface area contributed by atoms with Crippen molar-refractivity contribution in [2.45, 2.75) is 33.2 Å². The minimum Gasteiger partial charge on any atom is -0.496 e. The maximum atomic E-state index is 12.5. The molecule has 22 heavy (non-hydrogen) atoms. The van der Waals surface area contributed by atoms with E-state index in [9.17, 15) is 4.79 Å². The summed E-state index contributed by atoms with van der Waals surface area (Å²) in [7, 11) is 1.63. The van der Waals surface area contributed by atoms with Gasteiger partial charge in [-0.1, -0.05) is 31.2 Å².